The molecule has 0 aliphatic rings. The number of hydrogen-bond donors (Lipinski definition) is 1. The Kier molecular flexibility index (Phi) is 7.57. The van der Waals surface area contributed by atoms with Gasteiger partial charge < -0.3 is 14.8 Å². The Hall–Kier alpha value is -0.970. The molecule has 0 aliphatic carbocycles. The monoisotopic (exact) mass is 255 g/mol. The maximum absolute atomic E-state index is 12.9. The van der Waals surface area contributed by atoms with E-state index in [1.165, 1.54) is 6.07 Å². The summed E-state index contributed by atoms with van der Waals surface area (Å²) in [5.41, 5.74) is 0.992. The summed E-state index contributed by atoms with van der Waals surface area (Å²) in [6, 6.07) is 6.67. The largest absolute Gasteiger partial charge is 0.352 e. The fourth-order valence-corrected chi connectivity index (χ4v) is 1.68. The zero-order chi connectivity index (χ0) is 13.2. The number of benzene rings is 1. The Morgan fingerprint density at radius 2 is 1.94 bits per heavy atom. The average molecular weight is 255 g/mol. The lowest BCUT2D eigenvalue weighted by atomic mass is 10.1. The van der Waals surface area contributed by atoms with Crippen molar-refractivity contribution in [2.75, 3.05) is 26.3 Å². The van der Waals surface area contributed by atoms with E-state index < -0.39 is 0 Å². The molecule has 0 fully saturated rings. The van der Waals surface area contributed by atoms with E-state index in [1.54, 1.807) is 12.1 Å². The van der Waals surface area contributed by atoms with Gasteiger partial charge in [-0.05, 0) is 44.5 Å². The highest BCUT2D eigenvalue weighted by molar-refractivity contribution is 5.16. The fourth-order valence-electron chi connectivity index (χ4n) is 1.68. The van der Waals surface area contributed by atoms with Crippen molar-refractivity contribution in [1.29, 1.82) is 0 Å². The predicted molar refractivity (Wildman–Crippen MR) is 70.0 cm³/mol. The average Bonchev–Trinajstić information content (AvgIpc) is 2.35. The van der Waals surface area contributed by atoms with Crippen LogP contribution in [-0.2, 0) is 15.9 Å². The second-order valence-electron chi connectivity index (χ2n) is 3.92. The van der Waals surface area contributed by atoms with Gasteiger partial charge in [0.25, 0.3) is 0 Å². The van der Waals surface area contributed by atoms with Gasteiger partial charge in [0, 0.05) is 19.8 Å². The first kappa shape index (κ1) is 15.1. The zero-order valence-corrected chi connectivity index (χ0v) is 11.1. The van der Waals surface area contributed by atoms with Crippen LogP contribution in [-0.4, -0.2) is 32.6 Å². The third-order valence-corrected chi connectivity index (χ3v) is 2.50. The summed E-state index contributed by atoms with van der Waals surface area (Å²) in [7, 11) is 0. The van der Waals surface area contributed by atoms with Crippen molar-refractivity contribution in [3.63, 3.8) is 0 Å². The molecular formula is C14H22FNO2. The van der Waals surface area contributed by atoms with Crippen LogP contribution >= 0.6 is 0 Å². The Bertz CT molecular complexity index is 327. The number of rotatable bonds is 9. The molecule has 102 valence electrons. The minimum Gasteiger partial charge on any atom is -0.352 e. The molecule has 0 spiro atoms. The van der Waals surface area contributed by atoms with Crippen molar-refractivity contribution < 1.29 is 13.9 Å². The predicted octanol–water partition coefficient (Wildman–Crippen LogP) is 2.36. The Labute approximate surface area is 108 Å². The van der Waals surface area contributed by atoms with E-state index in [1.807, 2.05) is 19.9 Å². The molecule has 0 bridgehead atoms. The standard InChI is InChI=1S/C14H22FNO2/c1-3-17-14(18-4-2)11-16-9-8-12-6-5-7-13(15)10-12/h5-7,10,14,16H,3-4,8-9,11H2,1-2H3. The summed E-state index contributed by atoms with van der Waals surface area (Å²) in [6.45, 7) is 6.58. The van der Waals surface area contributed by atoms with Crippen LogP contribution in [0.4, 0.5) is 4.39 Å². The summed E-state index contributed by atoms with van der Waals surface area (Å²) < 4.78 is 23.8. The minimum atomic E-state index is -0.201. The summed E-state index contributed by atoms with van der Waals surface area (Å²) in [6.07, 6.45) is 0.593. The second-order valence-corrected chi connectivity index (χ2v) is 3.92. The van der Waals surface area contributed by atoms with Crippen molar-refractivity contribution in [2.45, 2.75) is 26.6 Å². The van der Waals surface area contributed by atoms with Crippen molar-refractivity contribution in [1.82, 2.24) is 5.32 Å². The Balaban J connectivity index is 2.20. The molecule has 0 heterocycles. The molecule has 1 aromatic rings. The summed E-state index contributed by atoms with van der Waals surface area (Å²) in [4.78, 5) is 0. The fraction of sp³-hybridized carbons (Fsp3) is 0.571. The highest BCUT2D eigenvalue weighted by atomic mass is 19.1. The normalized spacial score (nSPS) is 11.1. The van der Waals surface area contributed by atoms with Crippen LogP contribution in [0.1, 0.15) is 19.4 Å². The molecule has 18 heavy (non-hydrogen) atoms. The maximum Gasteiger partial charge on any atom is 0.169 e. The number of nitrogens with one attached hydrogen (secondary N) is 1. The van der Waals surface area contributed by atoms with Gasteiger partial charge in [-0.25, -0.2) is 4.39 Å². The highest BCUT2D eigenvalue weighted by Gasteiger charge is 2.06. The van der Waals surface area contributed by atoms with E-state index in [9.17, 15) is 4.39 Å². The molecule has 4 heteroatoms. The SMILES string of the molecule is CCOC(CNCCc1cccc(F)c1)OCC. The lowest BCUT2D eigenvalue weighted by Crippen LogP contribution is -2.32. The molecule has 1 rings (SSSR count). The molecule has 1 N–H and O–H groups in total. The van der Waals surface area contributed by atoms with Crippen molar-refractivity contribution in [2.24, 2.45) is 0 Å². The van der Waals surface area contributed by atoms with Crippen LogP contribution in [0.2, 0.25) is 0 Å². The Morgan fingerprint density at radius 1 is 1.22 bits per heavy atom. The molecule has 1 aromatic carbocycles. The highest BCUT2D eigenvalue weighted by Crippen LogP contribution is 2.03. The molecule has 3 nitrogen and oxygen atoms in total. The smallest absolute Gasteiger partial charge is 0.169 e. The van der Waals surface area contributed by atoms with Crippen molar-refractivity contribution in [3.8, 4) is 0 Å². The van der Waals surface area contributed by atoms with Gasteiger partial charge in [0.05, 0.1) is 0 Å². The first-order chi connectivity index (χ1) is 8.76. The van der Waals surface area contributed by atoms with Gasteiger partial charge in [0.2, 0.25) is 0 Å². The van der Waals surface area contributed by atoms with Gasteiger partial charge in [0.1, 0.15) is 5.82 Å². The molecular weight excluding hydrogens is 233 g/mol. The molecule has 0 saturated carbocycles. The lowest BCUT2D eigenvalue weighted by molar-refractivity contribution is -0.132. The molecule has 0 radical (unpaired) electrons. The van der Waals surface area contributed by atoms with Crippen LogP contribution in [0.5, 0.6) is 0 Å². The van der Waals surface area contributed by atoms with Crippen LogP contribution in [0.15, 0.2) is 24.3 Å². The van der Waals surface area contributed by atoms with E-state index in [4.69, 9.17) is 9.47 Å². The molecule has 0 saturated heterocycles. The second kappa shape index (κ2) is 9.03. The number of hydrogen-bond acceptors (Lipinski definition) is 3. The molecule has 0 amide bonds. The molecule has 0 atom stereocenters. The molecule has 0 aliphatic heterocycles. The van der Waals surface area contributed by atoms with Crippen molar-refractivity contribution >= 4 is 0 Å². The third kappa shape index (κ3) is 6.10. The van der Waals surface area contributed by atoms with E-state index >= 15 is 0 Å². The maximum atomic E-state index is 12.9. The van der Waals surface area contributed by atoms with E-state index in [-0.39, 0.29) is 12.1 Å². The Morgan fingerprint density at radius 3 is 2.56 bits per heavy atom. The van der Waals surface area contributed by atoms with Gasteiger partial charge >= 0.3 is 0 Å². The van der Waals surface area contributed by atoms with Gasteiger partial charge in [0.15, 0.2) is 6.29 Å². The lowest BCUT2D eigenvalue weighted by Gasteiger charge is -2.17. The van der Waals surface area contributed by atoms with Crippen LogP contribution in [0, 0.1) is 5.82 Å². The first-order valence-electron chi connectivity index (χ1n) is 6.44. The topological polar surface area (TPSA) is 30.5 Å². The minimum absolute atomic E-state index is 0.186. The van der Waals surface area contributed by atoms with E-state index in [0.717, 1.165) is 18.5 Å². The van der Waals surface area contributed by atoms with Crippen LogP contribution in [0.25, 0.3) is 0 Å². The first-order valence-corrected chi connectivity index (χ1v) is 6.44. The van der Waals surface area contributed by atoms with E-state index in [0.29, 0.717) is 19.8 Å². The van der Waals surface area contributed by atoms with Gasteiger partial charge in [-0.3, -0.25) is 0 Å². The van der Waals surface area contributed by atoms with Crippen molar-refractivity contribution in [3.05, 3.63) is 35.6 Å². The van der Waals surface area contributed by atoms with Crippen LogP contribution in [0.3, 0.4) is 0 Å². The molecule has 0 unspecified atom stereocenters. The quantitative estimate of drug-likeness (QED) is 0.543. The zero-order valence-electron chi connectivity index (χ0n) is 11.1. The summed E-state index contributed by atoms with van der Waals surface area (Å²) in [5.74, 6) is -0.186. The third-order valence-electron chi connectivity index (χ3n) is 2.50. The summed E-state index contributed by atoms with van der Waals surface area (Å²) >= 11 is 0. The molecule has 0 aromatic heterocycles. The number of ether oxygens (including phenoxy) is 2. The van der Waals surface area contributed by atoms with Gasteiger partial charge in [-0.2, -0.15) is 0 Å². The van der Waals surface area contributed by atoms with Crippen LogP contribution < -0.4 is 5.32 Å². The van der Waals surface area contributed by atoms with Gasteiger partial charge in [-0.1, -0.05) is 12.1 Å². The number of halogens is 1. The van der Waals surface area contributed by atoms with Gasteiger partial charge in [-0.15, -0.1) is 0 Å². The van der Waals surface area contributed by atoms with E-state index in [2.05, 4.69) is 5.32 Å². The summed E-state index contributed by atoms with van der Waals surface area (Å²) in [5, 5.41) is 3.25.